The Morgan fingerprint density at radius 1 is 1.41 bits per heavy atom. The number of hydrogen-bond donors (Lipinski definition) is 1. The van der Waals surface area contributed by atoms with E-state index in [0.29, 0.717) is 17.1 Å². The number of alkyl halides is 3. The third-order valence-corrected chi connectivity index (χ3v) is 2.52. The Bertz CT molecular complexity index is 387. The number of aliphatic hydroxyl groups is 1. The van der Waals surface area contributed by atoms with Crippen molar-refractivity contribution in [3.05, 3.63) is 11.3 Å². The largest absolute Gasteiger partial charge is 0.405 e. The predicted octanol–water partition coefficient (Wildman–Crippen LogP) is 1.61. The SMILES string of the molecule is CCN(CC(F)(F)F)c1c(CO)c(C)nn1C. The van der Waals surface area contributed by atoms with Crippen molar-refractivity contribution in [3.63, 3.8) is 0 Å². The number of halogens is 3. The van der Waals surface area contributed by atoms with Crippen LogP contribution in [0.3, 0.4) is 0 Å². The number of aryl methyl sites for hydroxylation is 2. The van der Waals surface area contributed by atoms with E-state index >= 15 is 0 Å². The Morgan fingerprint density at radius 2 is 2.00 bits per heavy atom. The average molecular weight is 251 g/mol. The first-order valence-corrected chi connectivity index (χ1v) is 5.25. The van der Waals surface area contributed by atoms with E-state index < -0.39 is 12.7 Å². The molecule has 1 rings (SSSR count). The highest BCUT2D eigenvalue weighted by Crippen LogP contribution is 2.26. The van der Waals surface area contributed by atoms with E-state index in [4.69, 9.17) is 0 Å². The van der Waals surface area contributed by atoms with Crippen molar-refractivity contribution in [3.8, 4) is 0 Å². The van der Waals surface area contributed by atoms with Crippen molar-refractivity contribution in [1.29, 1.82) is 0 Å². The van der Waals surface area contributed by atoms with Crippen LogP contribution in [0.25, 0.3) is 0 Å². The number of aromatic nitrogens is 2. The summed E-state index contributed by atoms with van der Waals surface area (Å²) in [5, 5.41) is 13.2. The second kappa shape index (κ2) is 4.95. The minimum absolute atomic E-state index is 0.200. The van der Waals surface area contributed by atoms with Crippen LogP contribution in [-0.4, -0.2) is 34.2 Å². The quantitative estimate of drug-likeness (QED) is 0.884. The maximum atomic E-state index is 12.4. The smallest absolute Gasteiger partial charge is 0.391 e. The van der Waals surface area contributed by atoms with Gasteiger partial charge in [0.15, 0.2) is 0 Å². The molecule has 1 aromatic heterocycles. The summed E-state index contributed by atoms with van der Waals surface area (Å²) in [5.74, 6) is 0.324. The number of rotatable bonds is 4. The minimum atomic E-state index is -4.28. The van der Waals surface area contributed by atoms with Crippen LogP contribution >= 0.6 is 0 Å². The first-order chi connectivity index (χ1) is 7.80. The summed E-state index contributed by atoms with van der Waals surface area (Å²) in [7, 11) is 1.57. The lowest BCUT2D eigenvalue weighted by molar-refractivity contribution is -0.119. The highest BCUT2D eigenvalue weighted by atomic mass is 19.4. The molecule has 0 aliphatic rings. The molecule has 17 heavy (non-hydrogen) atoms. The molecule has 0 spiro atoms. The van der Waals surface area contributed by atoms with Gasteiger partial charge in [-0.05, 0) is 13.8 Å². The predicted molar refractivity (Wildman–Crippen MR) is 57.8 cm³/mol. The van der Waals surface area contributed by atoms with Crippen molar-refractivity contribution in [2.75, 3.05) is 18.0 Å². The zero-order chi connectivity index (χ0) is 13.2. The van der Waals surface area contributed by atoms with Crippen LogP contribution in [0, 0.1) is 6.92 Å². The Kier molecular flexibility index (Phi) is 4.03. The van der Waals surface area contributed by atoms with Crippen molar-refractivity contribution in [1.82, 2.24) is 9.78 Å². The molecule has 7 heteroatoms. The molecule has 0 amide bonds. The molecule has 0 aromatic carbocycles. The van der Waals surface area contributed by atoms with E-state index in [1.807, 2.05) is 0 Å². The molecule has 98 valence electrons. The molecule has 0 saturated carbocycles. The zero-order valence-corrected chi connectivity index (χ0v) is 10.0. The summed E-state index contributed by atoms with van der Waals surface area (Å²) < 4.78 is 38.6. The van der Waals surface area contributed by atoms with Crippen LogP contribution in [0.4, 0.5) is 19.0 Å². The third kappa shape index (κ3) is 3.12. The van der Waals surface area contributed by atoms with Crippen LogP contribution < -0.4 is 4.90 Å². The van der Waals surface area contributed by atoms with Gasteiger partial charge in [-0.1, -0.05) is 0 Å². The normalized spacial score (nSPS) is 11.9. The molecule has 0 bridgehead atoms. The van der Waals surface area contributed by atoms with Gasteiger partial charge >= 0.3 is 6.18 Å². The van der Waals surface area contributed by atoms with Gasteiger partial charge in [0.2, 0.25) is 0 Å². The lowest BCUT2D eigenvalue weighted by atomic mass is 10.2. The molecule has 0 atom stereocenters. The summed E-state index contributed by atoms with van der Waals surface area (Å²) in [6.07, 6.45) is -4.28. The summed E-state index contributed by atoms with van der Waals surface area (Å²) in [6, 6.07) is 0. The van der Waals surface area contributed by atoms with Gasteiger partial charge in [-0.2, -0.15) is 18.3 Å². The second-order valence-electron chi connectivity index (χ2n) is 3.80. The standard InChI is InChI=1S/C10H16F3N3O/c1-4-16(6-10(11,12)13)9-8(5-17)7(2)14-15(9)3/h17H,4-6H2,1-3H3. The number of hydrogen-bond acceptors (Lipinski definition) is 3. The fraction of sp³-hybridized carbons (Fsp3) is 0.700. The first kappa shape index (κ1) is 13.8. The molecular weight excluding hydrogens is 235 g/mol. The second-order valence-corrected chi connectivity index (χ2v) is 3.80. The first-order valence-electron chi connectivity index (χ1n) is 5.25. The number of nitrogens with zero attached hydrogens (tertiary/aromatic N) is 3. The van der Waals surface area contributed by atoms with Crippen molar-refractivity contribution >= 4 is 5.82 Å². The van der Waals surface area contributed by atoms with E-state index in [-0.39, 0.29) is 13.2 Å². The van der Waals surface area contributed by atoms with Gasteiger partial charge in [0.05, 0.1) is 12.3 Å². The molecule has 1 aromatic rings. The van der Waals surface area contributed by atoms with Crippen molar-refractivity contribution in [2.45, 2.75) is 26.6 Å². The van der Waals surface area contributed by atoms with Crippen LogP contribution in [0.2, 0.25) is 0 Å². The minimum Gasteiger partial charge on any atom is -0.391 e. The molecule has 0 unspecified atom stereocenters. The topological polar surface area (TPSA) is 41.3 Å². The zero-order valence-electron chi connectivity index (χ0n) is 10.0. The Balaban J connectivity index is 3.11. The van der Waals surface area contributed by atoms with Gasteiger partial charge in [0.1, 0.15) is 12.4 Å². The van der Waals surface area contributed by atoms with E-state index in [2.05, 4.69) is 5.10 Å². The molecule has 1 N–H and O–H groups in total. The molecule has 0 fully saturated rings. The van der Waals surface area contributed by atoms with Crippen LogP contribution in [0.15, 0.2) is 0 Å². The van der Waals surface area contributed by atoms with Gasteiger partial charge in [0, 0.05) is 19.2 Å². The molecular formula is C10H16F3N3O. The van der Waals surface area contributed by atoms with Crippen LogP contribution in [0.5, 0.6) is 0 Å². The Hall–Kier alpha value is -1.24. The molecule has 0 saturated heterocycles. The molecule has 0 aliphatic carbocycles. The molecule has 0 aliphatic heterocycles. The van der Waals surface area contributed by atoms with Crippen molar-refractivity contribution < 1.29 is 18.3 Å². The monoisotopic (exact) mass is 251 g/mol. The van der Waals surface area contributed by atoms with Gasteiger partial charge in [-0.3, -0.25) is 4.68 Å². The number of aliphatic hydroxyl groups excluding tert-OH is 1. The van der Waals surface area contributed by atoms with Gasteiger partial charge in [-0.25, -0.2) is 0 Å². The number of anilines is 1. The van der Waals surface area contributed by atoms with E-state index in [1.54, 1.807) is 20.9 Å². The van der Waals surface area contributed by atoms with Crippen LogP contribution in [0.1, 0.15) is 18.2 Å². The fourth-order valence-electron chi connectivity index (χ4n) is 1.82. The summed E-state index contributed by atoms with van der Waals surface area (Å²) in [4.78, 5) is 1.16. The summed E-state index contributed by atoms with van der Waals surface area (Å²) in [6.45, 7) is 2.13. The van der Waals surface area contributed by atoms with Crippen LogP contribution in [-0.2, 0) is 13.7 Å². The Morgan fingerprint density at radius 3 is 2.41 bits per heavy atom. The van der Waals surface area contributed by atoms with E-state index in [0.717, 1.165) is 4.90 Å². The molecule has 0 radical (unpaired) electrons. The molecule has 4 nitrogen and oxygen atoms in total. The third-order valence-electron chi connectivity index (χ3n) is 2.52. The van der Waals surface area contributed by atoms with E-state index in [9.17, 15) is 18.3 Å². The van der Waals surface area contributed by atoms with Gasteiger partial charge < -0.3 is 10.0 Å². The fourth-order valence-corrected chi connectivity index (χ4v) is 1.82. The highest BCUT2D eigenvalue weighted by molar-refractivity contribution is 5.49. The molecule has 1 heterocycles. The average Bonchev–Trinajstić information content (AvgIpc) is 2.48. The lowest BCUT2D eigenvalue weighted by Crippen LogP contribution is -2.35. The lowest BCUT2D eigenvalue weighted by Gasteiger charge is -2.25. The summed E-state index contributed by atoms with van der Waals surface area (Å²) in [5.41, 5.74) is 0.990. The maximum Gasteiger partial charge on any atom is 0.405 e. The summed E-state index contributed by atoms with van der Waals surface area (Å²) >= 11 is 0. The van der Waals surface area contributed by atoms with Crippen molar-refractivity contribution in [2.24, 2.45) is 7.05 Å². The maximum absolute atomic E-state index is 12.4. The van der Waals surface area contributed by atoms with E-state index in [1.165, 1.54) is 4.68 Å². The Labute approximate surface area is 97.6 Å². The van der Waals surface area contributed by atoms with Gasteiger partial charge in [-0.15, -0.1) is 0 Å². The van der Waals surface area contributed by atoms with Gasteiger partial charge in [0.25, 0.3) is 0 Å². The highest BCUT2D eigenvalue weighted by Gasteiger charge is 2.32.